The fourth-order valence-electron chi connectivity index (χ4n) is 4.88. The number of piperazine rings is 1. The summed E-state index contributed by atoms with van der Waals surface area (Å²) in [5.41, 5.74) is 3.65. The summed E-state index contributed by atoms with van der Waals surface area (Å²) >= 11 is 6.04. The lowest BCUT2D eigenvalue weighted by atomic mass is 10.1. The fourth-order valence-corrected chi connectivity index (χ4v) is 5.11. The molecule has 2 unspecified atom stereocenters. The number of benzene rings is 1. The van der Waals surface area contributed by atoms with E-state index in [-0.39, 0.29) is 0 Å². The van der Waals surface area contributed by atoms with Gasteiger partial charge in [0.05, 0.1) is 17.0 Å². The summed E-state index contributed by atoms with van der Waals surface area (Å²) in [4.78, 5) is 26.4. The molecule has 4 aromatic rings. The van der Waals surface area contributed by atoms with Gasteiger partial charge in [0, 0.05) is 54.7 Å². The maximum Gasteiger partial charge on any atom is 0.345 e. The molecule has 30 heavy (non-hydrogen) atoms. The summed E-state index contributed by atoms with van der Waals surface area (Å²) in [6.45, 7) is 3.94. The predicted octanol–water partition coefficient (Wildman–Crippen LogP) is 3.36. The second-order valence-corrected chi connectivity index (χ2v) is 8.70. The average molecular weight is 422 g/mol. The number of likely N-dealkylation sites (tertiary alicyclic amines) is 1. The van der Waals surface area contributed by atoms with Crippen LogP contribution in [0.2, 0.25) is 5.15 Å². The first kappa shape index (κ1) is 17.9. The highest BCUT2D eigenvalue weighted by molar-refractivity contribution is 6.29. The summed E-state index contributed by atoms with van der Waals surface area (Å²) in [6.07, 6.45) is 4.65. The van der Waals surface area contributed by atoms with E-state index in [1.54, 1.807) is 16.8 Å². The van der Waals surface area contributed by atoms with Crippen LogP contribution in [-0.4, -0.2) is 51.5 Å². The van der Waals surface area contributed by atoms with Gasteiger partial charge in [-0.1, -0.05) is 11.6 Å². The molecule has 0 saturated carbocycles. The van der Waals surface area contributed by atoms with E-state index in [2.05, 4.69) is 32.9 Å². The minimum atomic E-state index is -0.401. The van der Waals surface area contributed by atoms with Crippen molar-refractivity contribution >= 4 is 33.9 Å². The number of aromatic nitrogens is 3. The van der Waals surface area contributed by atoms with Crippen molar-refractivity contribution in [3.63, 3.8) is 0 Å². The van der Waals surface area contributed by atoms with E-state index in [4.69, 9.17) is 16.0 Å². The molecule has 0 aliphatic carbocycles. The molecule has 2 aliphatic rings. The molecule has 152 valence electrons. The Morgan fingerprint density at radius 3 is 2.77 bits per heavy atom. The van der Waals surface area contributed by atoms with Crippen LogP contribution in [0.1, 0.15) is 12.1 Å². The van der Waals surface area contributed by atoms with E-state index in [9.17, 15) is 4.79 Å². The number of likely N-dealkylation sites (N-methyl/N-ethyl adjacent to an activating group) is 1. The molecule has 0 N–H and O–H groups in total. The Kier molecular flexibility index (Phi) is 3.76. The van der Waals surface area contributed by atoms with Crippen molar-refractivity contribution in [2.45, 2.75) is 25.4 Å². The van der Waals surface area contributed by atoms with E-state index in [0.717, 1.165) is 24.2 Å². The molecule has 6 rings (SSSR count). The molecule has 2 bridgehead atoms. The highest BCUT2D eigenvalue weighted by atomic mass is 35.5. The Hall–Kier alpha value is -2.90. The van der Waals surface area contributed by atoms with E-state index < -0.39 is 5.63 Å². The van der Waals surface area contributed by atoms with Crippen LogP contribution in [0.3, 0.4) is 0 Å². The van der Waals surface area contributed by atoms with Gasteiger partial charge in [-0.3, -0.25) is 4.90 Å². The minimum absolute atomic E-state index is 0.379. The van der Waals surface area contributed by atoms with Gasteiger partial charge >= 0.3 is 5.63 Å². The molecule has 2 atom stereocenters. The highest BCUT2D eigenvalue weighted by Crippen LogP contribution is 2.35. The Morgan fingerprint density at radius 2 is 2.00 bits per heavy atom. The molecule has 7 nitrogen and oxygen atoms in total. The Labute approximate surface area is 177 Å². The molecule has 8 heteroatoms. The molecule has 3 aromatic heterocycles. The number of hydrogen-bond acceptors (Lipinski definition) is 6. The van der Waals surface area contributed by atoms with Crippen LogP contribution in [0.25, 0.3) is 27.9 Å². The molecule has 2 aliphatic heterocycles. The zero-order chi connectivity index (χ0) is 20.6. The van der Waals surface area contributed by atoms with Gasteiger partial charge in [0.1, 0.15) is 10.7 Å². The maximum atomic E-state index is 12.8. The van der Waals surface area contributed by atoms with E-state index in [0.29, 0.717) is 45.4 Å². The van der Waals surface area contributed by atoms with Crippen LogP contribution in [0, 0.1) is 6.92 Å². The molecule has 2 fully saturated rings. The van der Waals surface area contributed by atoms with E-state index in [1.807, 2.05) is 25.1 Å². The number of fused-ring (bicyclic) bond motifs is 4. The topological polar surface area (TPSA) is 66.9 Å². The number of nitrogens with zero attached hydrogens (tertiary/aromatic N) is 5. The van der Waals surface area contributed by atoms with Crippen molar-refractivity contribution < 1.29 is 4.42 Å². The van der Waals surface area contributed by atoms with Crippen LogP contribution in [0.4, 0.5) is 5.69 Å². The van der Waals surface area contributed by atoms with Gasteiger partial charge in [-0.05, 0) is 38.6 Å². The third kappa shape index (κ3) is 2.66. The first-order valence-electron chi connectivity index (χ1n) is 10.0. The van der Waals surface area contributed by atoms with Gasteiger partial charge in [0.2, 0.25) is 0 Å². The number of imidazole rings is 1. The molecule has 2 saturated heterocycles. The predicted molar refractivity (Wildman–Crippen MR) is 116 cm³/mol. The largest absolute Gasteiger partial charge is 0.422 e. The number of aryl methyl sites for hydroxylation is 1. The van der Waals surface area contributed by atoms with Crippen molar-refractivity contribution in [2.24, 2.45) is 0 Å². The Morgan fingerprint density at radius 1 is 1.13 bits per heavy atom. The van der Waals surface area contributed by atoms with Gasteiger partial charge in [-0.15, -0.1) is 0 Å². The zero-order valence-electron chi connectivity index (χ0n) is 16.7. The lowest BCUT2D eigenvalue weighted by Gasteiger charge is -2.33. The van der Waals surface area contributed by atoms with Crippen molar-refractivity contribution in [3.05, 3.63) is 57.9 Å². The summed E-state index contributed by atoms with van der Waals surface area (Å²) in [5, 5.41) is 1.25. The Balaban J connectivity index is 1.41. The first-order valence-corrected chi connectivity index (χ1v) is 10.4. The number of anilines is 1. The van der Waals surface area contributed by atoms with Crippen LogP contribution < -0.4 is 10.5 Å². The van der Waals surface area contributed by atoms with Crippen molar-refractivity contribution in [2.75, 3.05) is 25.0 Å². The van der Waals surface area contributed by atoms with Crippen LogP contribution in [-0.2, 0) is 0 Å². The molecule has 0 amide bonds. The molecular weight excluding hydrogens is 402 g/mol. The summed E-state index contributed by atoms with van der Waals surface area (Å²) in [6, 6.07) is 9.11. The monoisotopic (exact) mass is 421 g/mol. The minimum Gasteiger partial charge on any atom is -0.422 e. The molecule has 0 radical (unpaired) electrons. The van der Waals surface area contributed by atoms with Crippen molar-refractivity contribution in [1.82, 2.24) is 19.3 Å². The smallest absolute Gasteiger partial charge is 0.345 e. The number of rotatable bonds is 2. The van der Waals surface area contributed by atoms with Gasteiger partial charge in [-0.2, -0.15) is 0 Å². The number of hydrogen-bond donors (Lipinski definition) is 0. The summed E-state index contributed by atoms with van der Waals surface area (Å²) in [5.74, 6) is 0. The van der Waals surface area contributed by atoms with Gasteiger partial charge in [0.15, 0.2) is 5.65 Å². The lowest BCUT2D eigenvalue weighted by Crippen LogP contribution is -2.44. The zero-order valence-corrected chi connectivity index (χ0v) is 17.4. The second-order valence-electron chi connectivity index (χ2n) is 8.31. The molecule has 0 spiro atoms. The van der Waals surface area contributed by atoms with Crippen LogP contribution in [0.15, 0.2) is 45.9 Å². The third-order valence-corrected chi connectivity index (χ3v) is 6.60. The third-order valence-electron chi connectivity index (χ3n) is 6.42. The highest BCUT2D eigenvalue weighted by Gasteiger charge is 2.41. The van der Waals surface area contributed by atoms with Crippen LogP contribution >= 0.6 is 11.6 Å². The van der Waals surface area contributed by atoms with Crippen molar-refractivity contribution in [1.29, 1.82) is 0 Å². The normalized spacial score (nSPS) is 21.4. The summed E-state index contributed by atoms with van der Waals surface area (Å²) < 4.78 is 7.50. The Bertz CT molecular complexity index is 1380. The molecule has 1 aromatic carbocycles. The summed E-state index contributed by atoms with van der Waals surface area (Å²) in [7, 11) is 2.19. The molecule has 5 heterocycles. The SMILES string of the molecule is Cc1nc(Cl)cn2cc(-c3cc4ccc(N5CC6CC5CN6C)cc4oc3=O)nc12. The van der Waals surface area contributed by atoms with E-state index in [1.165, 1.54) is 6.42 Å². The van der Waals surface area contributed by atoms with Gasteiger partial charge in [0.25, 0.3) is 0 Å². The van der Waals surface area contributed by atoms with Gasteiger partial charge in [-0.25, -0.2) is 14.8 Å². The quantitative estimate of drug-likeness (QED) is 0.462. The van der Waals surface area contributed by atoms with Crippen molar-refractivity contribution in [3.8, 4) is 11.3 Å². The number of halogens is 1. The molecular formula is C22H20ClN5O2. The maximum absolute atomic E-state index is 12.8. The first-order chi connectivity index (χ1) is 14.5. The van der Waals surface area contributed by atoms with E-state index >= 15 is 0 Å². The van der Waals surface area contributed by atoms with Crippen LogP contribution in [0.5, 0.6) is 0 Å². The standard InChI is InChI=1S/C22H20ClN5O2/c1-12-21-25-18(10-27(21)11-20(23)24-12)17-5-13-3-4-14(7-19(13)30-22(17)29)28-9-15-6-16(28)8-26(15)2/h3-5,7,10-11,15-16H,6,8-9H2,1-2H3. The second kappa shape index (κ2) is 6.30. The fraction of sp³-hybridized carbons (Fsp3) is 0.318. The van der Waals surface area contributed by atoms with Gasteiger partial charge < -0.3 is 13.7 Å². The lowest BCUT2D eigenvalue weighted by molar-refractivity contribution is 0.292. The average Bonchev–Trinajstić information content (AvgIpc) is 3.40.